The van der Waals surface area contributed by atoms with Gasteiger partial charge in [0.25, 0.3) is 0 Å². The second kappa shape index (κ2) is 6.46. The number of nitrogens with zero attached hydrogens (tertiary/aromatic N) is 1. The van der Waals surface area contributed by atoms with Crippen molar-refractivity contribution in [2.45, 2.75) is 38.8 Å². The molecule has 1 aromatic carbocycles. The molecule has 2 N–H and O–H groups in total. The summed E-state index contributed by atoms with van der Waals surface area (Å²) >= 11 is 1.77. The maximum absolute atomic E-state index is 6.12. The summed E-state index contributed by atoms with van der Waals surface area (Å²) in [7, 11) is 0. The van der Waals surface area contributed by atoms with Gasteiger partial charge in [0.1, 0.15) is 0 Å². The molecule has 2 nitrogen and oxygen atoms in total. The number of benzene rings is 1. The first-order valence-electron chi connectivity index (χ1n) is 7.61. The van der Waals surface area contributed by atoms with Crippen molar-refractivity contribution in [2.24, 2.45) is 5.73 Å². The maximum atomic E-state index is 6.12. The highest BCUT2D eigenvalue weighted by molar-refractivity contribution is 7.07. The summed E-state index contributed by atoms with van der Waals surface area (Å²) in [6, 6.07) is 11.3. The van der Waals surface area contributed by atoms with Crippen LogP contribution in [-0.2, 0) is 19.4 Å². The summed E-state index contributed by atoms with van der Waals surface area (Å²) in [5.74, 6) is 0. The van der Waals surface area contributed by atoms with Crippen LogP contribution in [0.2, 0.25) is 0 Å². The van der Waals surface area contributed by atoms with Crippen molar-refractivity contribution in [2.75, 3.05) is 0 Å². The molecule has 3 rings (SSSR count). The van der Waals surface area contributed by atoms with E-state index in [2.05, 4.69) is 58.8 Å². The lowest BCUT2D eigenvalue weighted by Crippen LogP contribution is -2.21. The zero-order chi connectivity index (χ0) is 14.7. The number of thiophene rings is 1. The Balaban J connectivity index is 1.83. The van der Waals surface area contributed by atoms with E-state index in [1.165, 1.54) is 22.0 Å². The van der Waals surface area contributed by atoms with Crippen molar-refractivity contribution in [3.05, 3.63) is 58.4 Å². The van der Waals surface area contributed by atoms with Gasteiger partial charge in [0, 0.05) is 29.7 Å². The molecule has 0 fully saturated rings. The Kier molecular flexibility index (Phi) is 4.42. The first-order valence-corrected chi connectivity index (χ1v) is 8.55. The van der Waals surface area contributed by atoms with Crippen LogP contribution in [0.5, 0.6) is 0 Å². The molecule has 0 radical (unpaired) electrons. The second-order valence-electron chi connectivity index (χ2n) is 5.61. The van der Waals surface area contributed by atoms with E-state index in [4.69, 9.17) is 5.73 Å². The average molecular weight is 298 g/mol. The van der Waals surface area contributed by atoms with Crippen LogP contribution in [0.15, 0.2) is 47.3 Å². The van der Waals surface area contributed by atoms with E-state index in [0.717, 1.165) is 25.8 Å². The Morgan fingerprint density at radius 2 is 2.14 bits per heavy atom. The fourth-order valence-corrected chi connectivity index (χ4v) is 3.47. The maximum Gasteiger partial charge on any atom is 0.0483 e. The lowest BCUT2D eigenvalue weighted by Gasteiger charge is -2.10. The fraction of sp³-hybridized carbons (Fsp3) is 0.333. The predicted molar refractivity (Wildman–Crippen MR) is 91.9 cm³/mol. The molecule has 0 aliphatic rings. The minimum absolute atomic E-state index is 0.254. The third kappa shape index (κ3) is 3.20. The molecule has 1 unspecified atom stereocenters. The summed E-state index contributed by atoms with van der Waals surface area (Å²) < 4.78 is 2.36. The van der Waals surface area contributed by atoms with E-state index in [-0.39, 0.29) is 6.04 Å². The zero-order valence-electron chi connectivity index (χ0n) is 12.5. The topological polar surface area (TPSA) is 30.9 Å². The molecule has 0 bridgehead atoms. The molecule has 0 aliphatic heterocycles. The van der Waals surface area contributed by atoms with Crippen LogP contribution in [0.1, 0.15) is 24.5 Å². The van der Waals surface area contributed by atoms with Gasteiger partial charge in [-0.2, -0.15) is 11.3 Å². The Labute approximate surface area is 130 Å². The molecule has 3 heteroatoms. The average Bonchev–Trinajstić information content (AvgIpc) is 3.14. The van der Waals surface area contributed by atoms with Gasteiger partial charge in [0.2, 0.25) is 0 Å². The predicted octanol–water partition coefficient (Wildman–Crippen LogP) is 4.23. The van der Waals surface area contributed by atoms with Gasteiger partial charge in [-0.05, 0) is 59.3 Å². The highest BCUT2D eigenvalue weighted by atomic mass is 32.1. The van der Waals surface area contributed by atoms with Crippen LogP contribution < -0.4 is 5.73 Å². The summed E-state index contributed by atoms with van der Waals surface area (Å²) in [5, 5.41) is 5.73. The molecule has 110 valence electrons. The van der Waals surface area contributed by atoms with E-state index in [0.29, 0.717) is 0 Å². The van der Waals surface area contributed by atoms with Crippen molar-refractivity contribution >= 4 is 22.2 Å². The number of hydrogen-bond acceptors (Lipinski definition) is 2. The number of aryl methyl sites for hydroxylation is 2. The molecule has 0 saturated carbocycles. The molecule has 0 aliphatic carbocycles. The van der Waals surface area contributed by atoms with Crippen molar-refractivity contribution in [1.82, 2.24) is 4.57 Å². The van der Waals surface area contributed by atoms with Crippen molar-refractivity contribution < 1.29 is 0 Å². The van der Waals surface area contributed by atoms with Crippen LogP contribution in [0.25, 0.3) is 10.9 Å². The Morgan fingerprint density at radius 3 is 2.90 bits per heavy atom. The Morgan fingerprint density at radius 1 is 1.24 bits per heavy atom. The number of fused-ring (bicyclic) bond motifs is 1. The van der Waals surface area contributed by atoms with E-state index in [9.17, 15) is 0 Å². The number of hydrogen-bond donors (Lipinski definition) is 1. The van der Waals surface area contributed by atoms with Gasteiger partial charge < -0.3 is 10.3 Å². The summed E-state index contributed by atoms with van der Waals surface area (Å²) in [6.45, 7) is 3.18. The summed E-state index contributed by atoms with van der Waals surface area (Å²) in [6.07, 6.45) is 5.28. The van der Waals surface area contributed by atoms with Crippen molar-refractivity contribution in [3.63, 3.8) is 0 Å². The van der Waals surface area contributed by atoms with Gasteiger partial charge in [0.05, 0.1) is 0 Å². The number of nitrogens with two attached hydrogens (primary N) is 1. The first kappa shape index (κ1) is 14.4. The highest BCUT2D eigenvalue weighted by Gasteiger charge is 2.08. The van der Waals surface area contributed by atoms with E-state index < -0.39 is 0 Å². The largest absolute Gasteiger partial charge is 0.347 e. The molecule has 0 saturated heterocycles. The quantitative estimate of drug-likeness (QED) is 0.725. The van der Waals surface area contributed by atoms with E-state index >= 15 is 0 Å². The summed E-state index contributed by atoms with van der Waals surface area (Å²) in [5.41, 5.74) is 10.2. The molecule has 1 atom stereocenters. The molecule has 0 amide bonds. The fourth-order valence-electron chi connectivity index (χ4n) is 2.77. The monoisotopic (exact) mass is 298 g/mol. The molecule has 0 spiro atoms. The highest BCUT2D eigenvalue weighted by Crippen LogP contribution is 2.22. The van der Waals surface area contributed by atoms with Gasteiger partial charge in [-0.3, -0.25) is 0 Å². The van der Waals surface area contributed by atoms with E-state index in [1.807, 2.05) is 0 Å². The van der Waals surface area contributed by atoms with Gasteiger partial charge in [-0.15, -0.1) is 0 Å². The lowest BCUT2D eigenvalue weighted by atomic mass is 10.0. The SMILES string of the molecule is CCC(N)Cc1cccc2c1ccn2CCc1ccsc1. The molecular weight excluding hydrogens is 276 g/mol. The third-order valence-electron chi connectivity index (χ3n) is 4.13. The minimum Gasteiger partial charge on any atom is -0.347 e. The van der Waals surface area contributed by atoms with Crippen LogP contribution in [0.4, 0.5) is 0 Å². The van der Waals surface area contributed by atoms with Crippen LogP contribution in [0.3, 0.4) is 0 Å². The van der Waals surface area contributed by atoms with Crippen molar-refractivity contribution in [3.8, 4) is 0 Å². The Bertz CT molecular complexity index is 697. The molecule has 21 heavy (non-hydrogen) atoms. The van der Waals surface area contributed by atoms with Gasteiger partial charge >= 0.3 is 0 Å². The van der Waals surface area contributed by atoms with Gasteiger partial charge in [-0.25, -0.2) is 0 Å². The van der Waals surface area contributed by atoms with Crippen LogP contribution >= 0.6 is 11.3 Å². The standard InChI is InChI=1S/C18H22N2S/c1-2-16(19)12-15-4-3-5-18-17(15)7-10-20(18)9-6-14-8-11-21-13-14/h3-5,7-8,10-11,13,16H,2,6,9,12,19H2,1H3. The number of rotatable bonds is 6. The molecule has 2 aromatic heterocycles. The van der Waals surface area contributed by atoms with Gasteiger partial charge in [0.15, 0.2) is 0 Å². The number of aromatic nitrogens is 1. The zero-order valence-corrected chi connectivity index (χ0v) is 13.3. The van der Waals surface area contributed by atoms with Gasteiger partial charge in [-0.1, -0.05) is 19.1 Å². The molecule has 2 heterocycles. The third-order valence-corrected chi connectivity index (χ3v) is 4.86. The van der Waals surface area contributed by atoms with Crippen LogP contribution in [-0.4, -0.2) is 10.6 Å². The van der Waals surface area contributed by atoms with E-state index in [1.54, 1.807) is 11.3 Å². The normalized spacial score (nSPS) is 12.9. The minimum atomic E-state index is 0.254. The van der Waals surface area contributed by atoms with Crippen LogP contribution in [0, 0.1) is 0 Å². The molecular formula is C18H22N2S. The summed E-state index contributed by atoms with van der Waals surface area (Å²) in [4.78, 5) is 0. The lowest BCUT2D eigenvalue weighted by molar-refractivity contribution is 0.648. The Hall–Kier alpha value is -1.58. The smallest absolute Gasteiger partial charge is 0.0483 e. The first-order chi connectivity index (χ1) is 10.3. The molecule has 3 aromatic rings. The van der Waals surface area contributed by atoms with Crippen molar-refractivity contribution in [1.29, 1.82) is 0 Å². The second-order valence-corrected chi connectivity index (χ2v) is 6.39.